The largest absolute Gasteiger partial charge is 0.384 e. The van der Waals surface area contributed by atoms with E-state index < -0.39 is 9.84 Å². The molecule has 1 aromatic rings. The molecule has 94 valence electrons. The van der Waals surface area contributed by atoms with Crippen LogP contribution in [0.4, 0.5) is 0 Å². The summed E-state index contributed by atoms with van der Waals surface area (Å²) in [4.78, 5) is 0.520. The molecule has 1 aliphatic carbocycles. The highest BCUT2D eigenvalue weighted by molar-refractivity contribution is 7.91. The fourth-order valence-electron chi connectivity index (χ4n) is 2.34. The van der Waals surface area contributed by atoms with Gasteiger partial charge >= 0.3 is 0 Å². The minimum absolute atomic E-state index is 0.0694. The number of benzene rings is 1. The monoisotopic (exact) mass is 254 g/mol. The Bertz CT molecular complexity index is 491. The van der Waals surface area contributed by atoms with Gasteiger partial charge in [-0.05, 0) is 42.9 Å². The van der Waals surface area contributed by atoms with Gasteiger partial charge < -0.3 is 4.74 Å². The van der Waals surface area contributed by atoms with Gasteiger partial charge in [0.25, 0.3) is 0 Å². The first kappa shape index (κ1) is 12.6. The Labute approximate surface area is 103 Å². The minimum Gasteiger partial charge on any atom is -0.384 e. The predicted octanol–water partition coefficient (Wildman–Crippen LogP) is 1.99. The maximum atomic E-state index is 12.2. The van der Waals surface area contributed by atoms with E-state index in [-0.39, 0.29) is 12.4 Å². The highest BCUT2D eigenvalue weighted by Gasteiger charge is 2.21. The molecule has 17 heavy (non-hydrogen) atoms. The normalized spacial score (nSPS) is 15.6. The summed E-state index contributed by atoms with van der Waals surface area (Å²) in [6, 6.07) is 5.63. The van der Waals surface area contributed by atoms with Crippen molar-refractivity contribution in [2.24, 2.45) is 0 Å². The van der Waals surface area contributed by atoms with Gasteiger partial charge in [0.1, 0.15) is 0 Å². The van der Waals surface area contributed by atoms with Crippen LogP contribution in [0.3, 0.4) is 0 Å². The number of methoxy groups -OCH3 is 1. The molecule has 0 saturated carbocycles. The van der Waals surface area contributed by atoms with E-state index in [1.807, 2.05) is 12.1 Å². The Balaban J connectivity index is 2.38. The van der Waals surface area contributed by atoms with Crippen molar-refractivity contribution in [3.8, 4) is 0 Å². The van der Waals surface area contributed by atoms with Crippen molar-refractivity contribution in [1.29, 1.82) is 0 Å². The van der Waals surface area contributed by atoms with Gasteiger partial charge in [-0.3, -0.25) is 0 Å². The van der Waals surface area contributed by atoms with Crippen molar-refractivity contribution in [2.45, 2.75) is 30.6 Å². The van der Waals surface area contributed by atoms with E-state index in [2.05, 4.69) is 0 Å². The standard InChI is InChI=1S/C13H18O3S/c1-16-9-10-17(14,15)13-8-4-6-11-5-2-3-7-12(11)13/h4,6,8H,2-3,5,7,9-10H2,1H3. The van der Waals surface area contributed by atoms with Crippen LogP contribution in [0.5, 0.6) is 0 Å². The molecule has 0 aliphatic heterocycles. The van der Waals surface area contributed by atoms with Crippen molar-refractivity contribution in [2.75, 3.05) is 19.5 Å². The first-order valence-electron chi connectivity index (χ1n) is 5.97. The highest BCUT2D eigenvalue weighted by atomic mass is 32.2. The second kappa shape index (κ2) is 5.19. The molecule has 0 fully saturated rings. The van der Waals surface area contributed by atoms with Crippen molar-refractivity contribution in [3.05, 3.63) is 29.3 Å². The molecule has 0 spiro atoms. The number of hydrogen-bond donors (Lipinski definition) is 0. The molecule has 3 nitrogen and oxygen atoms in total. The molecule has 0 N–H and O–H groups in total. The number of fused-ring (bicyclic) bond motifs is 1. The van der Waals surface area contributed by atoms with Crippen LogP contribution in [0.1, 0.15) is 24.0 Å². The Hall–Kier alpha value is -0.870. The quantitative estimate of drug-likeness (QED) is 0.825. The Kier molecular flexibility index (Phi) is 3.84. The molecule has 4 heteroatoms. The number of ether oxygens (including phenoxy) is 1. The Morgan fingerprint density at radius 2 is 2.00 bits per heavy atom. The third-order valence-corrected chi connectivity index (χ3v) is 5.00. The minimum atomic E-state index is -3.19. The number of sulfone groups is 1. The second-order valence-corrected chi connectivity index (χ2v) is 6.49. The van der Waals surface area contributed by atoms with E-state index in [9.17, 15) is 8.42 Å². The van der Waals surface area contributed by atoms with Gasteiger partial charge in [-0.25, -0.2) is 8.42 Å². The lowest BCUT2D eigenvalue weighted by Crippen LogP contribution is -2.16. The smallest absolute Gasteiger partial charge is 0.180 e. The third kappa shape index (κ3) is 2.69. The molecule has 0 atom stereocenters. The second-order valence-electron chi connectivity index (χ2n) is 4.41. The van der Waals surface area contributed by atoms with Gasteiger partial charge in [0.15, 0.2) is 9.84 Å². The molecule has 0 heterocycles. The predicted molar refractivity (Wildman–Crippen MR) is 67.0 cm³/mol. The molecule has 0 saturated heterocycles. The SMILES string of the molecule is COCCS(=O)(=O)c1cccc2c1CCCC2. The maximum absolute atomic E-state index is 12.2. The highest BCUT2D eigenvalue weighted by Crippen LogP contribution is 2.27. The first-order chi connectivity index (χ1) is 8.15. The van der Waals surface area contributed by atoms with Crippen LogP contribution >= 0.6 is 0 Å². The van der Waals surface area contributed by atoms with Crippen molar-refractivity contribution >= 4 is 9.84 Å². The molecular weight excluding hydrogens is 236 g/mol. The maximum Gasteiger partial charge on any atom is 0.180 e. The summed E-state index contributed by atoms with van der Waals surface area (Å²) in [5.41, 5.74) is 2.24. The summed E-state index contributed by atoms with van der Waals surface area (Å²) in [6.45, 7) is 0.256. The van der Waals surface area contributed by atoms with Gasteiger partial charge in [0, 0.05) is 7.11 Å². The third-order valence-electron chi connectivity index (χ3n) is 3.24. The molecule has 1 aromatic carbocycles. The zero-order valence-electron chi connectivity index (χ0n) is 10.1. The van der Waals surface area contributed by atoms with Crippen LogP contribution in [-0.2, 0) is 27.4 Å². The van der Waals surface area contributed by atoms with Crippen molar-refractivity contribution < 1.29 is 13.2 Å². The van der Waals surface area contributed by atoms with Crippen molar-refractivity contribution in [3.63, 3.8) is 0 Å². The lowest BCUT2D eigenvalue weighted by Gasteiger charge is -2.19. The van der Waals surface area contributed by atoms with Crippen LogP contribution in [0, 0.1) is 0 Å². The zero-order valence-corrected chi connectivity index (χ0v) is 10.9. The number of hydrogen-bond acceptors (Lipinski definition) is 3. The van der Waals surface area contributed by atoms with E-state index in [0.717, 1.165) is 31.2 Å². The summed E-state index contributed by atoms with van der Waals surface area (Å²) < 4.78 is 29.2. The lowest BCUT2D eigenvalue weighted by atomic mass is 9.92. The van der Waals surface area contributed by atoms with Gasteiger partial charge in [0.05, 0.1) is 17.3 Å². The molecule has 0 radical (unpaired) electrons. The molecule has 0 bridgehead atoms. The zero-order chi connectivity index (χ0) is 12.3. The first-order valence-corrected chi connectivity index (χ1v) is 7.63. The van der Waals surface area contributed by atoms with Crippen LogP contribution in [0.15, 0.2) is 23.1 Å². The summed E-state index contributed by atoms with van der Waals surface area (Å²) in [7, 11) is -1.67. The molecule has 2 rings (SSSR count). The number of rotatable bonds is 4. The number of aryl methyl sites for hydroxylation is 1. The molecule has 1 aliphatic rings. The van der Waals surface area contributed by atoms with Crippen LogP contribution in [-0.4, -0.2) is 27.9 Å². The van der Waals surface area contributed by atoms with E-state index in [4.69, 9.17) is 4.74 Å². The van der Waals surface area contributed by atoms with Gasteiger partial charge in [-0.2, -0.15) is 0 Å². The van der Waals surface area contributed by atoms with Crippen molar-refractivity contribution in [1.82, 2.24) is 0 Å². The fourth-order valence-corrected chi connectivity index (χ4v) is 3.84. The lowest BCUT2D eigenvalue weighted by molar-refractivity contribution is 0.217. The topological polar surface area (TPSA) is 43.4 Å². The van der Waals surface area contributed by atoms with Crippen LogP contribution in [0.2, 0.25) is 0 Å². The Morgan fingerprint density at radius 3 is 2.76 bits per heavy atom. The molecule has 0 amide bonds. The average Bonchev–Trinajstić information content (AvgIpc) is 2.36. The van der Waals surface area contributed by atoms with E-state index in [1.165, 1.54) is 12.7 Å². The summed E-state index contributed by atoms with van der Waals surface area (Å²) in [5.74, 6) is 0.0694. The van der Waals surface area contributed by atoms with Gasteiger partial charge in [0.2, 0.25) is 0 Å². The van der Waals surface area contributed by atoms with Crippen LogP contribution < -0.4 is 0 Å². The van der Waals surface area contributed by atoms with Crippen LogP contribution in [0.25, 0.3) is 0 Å². The molecule has 0 aromatic heterocycles. The summed E-state index contributed by atoms with van der Waals surface area (Å²) in [5, 5.41) is 0. The molecule has 0 unspecified atom stereocenters. The van der Waals surface area contributed by atoms with E-state index in [0.29, 0.717) is 4.90 Å². The fraction of sp³-hybridized carbons (Fsp3) is 0.538. The average molecular weight is 254 g/mol. The summed E-state index contributed by atoms with van der Waals surface area (Å²) >= 11 is 0. The van der Waals surface area contributed by atoms with Gasteiger partial charge in [-0.1, -0.05) is 12.1 Å². The Morgan fingerprint density at radius 1 is 1.24 bits per heavy atom. The van der Waals surface area contributed by atoms with E-state index in [1.54, 1.807) is 6.07 Å². The summed E-state index contributed by atoms with van der Waals surface area (Å²) in [6.07, 6.45) is 4.14. The molecular formula is C13H18O3S. The van der Waals surface area contributed by atoms with Gasteiger partial charge in [-0.15, -0.1) is 0 Å². The van der Waals surface area contributed by atoms with E-state index >= 15 is 0 Å².